The van der Waals surface area contributed by atoms with Crippen LogP contribution < -0.4 is 0 Å². The first kappa shape index (κ1) is 13.5. The van der Waals surface area contributed by atoms with E-state index in [4.69, 9.17) is 0 Å². The van der Waals surface area contributed by atoms with Crippen molar-refractivity contribution in [3.05, 3.63) is 0 Å². The molecule has 2 rings (SSSR count). The number of hydrogen-bond donors (Lipinski definition) is 1. The number of imide groups is 1. The fraction of sp³-hybridized carbons (Fsp3) is 0.857. The van der Waals surface area contributed by atoms with E-state index < -0.39 is 11.6 Å². The molecule has 0 aromatic rings. The van der Waals surface area contributed by atoms with Gasteiger partial charge in [-0.2, -0.15) is 0 Å². The van der Waals surface area contributed by atoms with Gasteiger partial charge in [0.1, 0.15) is 6.23 Å². The Morgan fingerprint density at radius 1 is 1.39 bits per heavy atom. The summed E-state index contributed by atoms with van der Waals surface area (Å²) in [7, 11) is 0. The Morgan fingerprint density at radius 2 is 1.89 bits per heavy atom. The molecule has 2 fully saturated rings. The molecule has 0 aromatic heterocycles. The van der Waals surface area contributed by atoms with Crippen LogP contribution in [0.3, 0.4) is 0 Å². The van der Waals surface area contributed by atoms with Gasteiger partial charge >= 0.3 is 0 Å². The lowest BCUT2D eigenvalue weighted by molar-refractivity contribution is -0.158. The summed E-state index contributed by atoms with van der Waals surface area (Å²) in [5.41, 5.74) is -0.845. The van der Waals surface area contributed by atoms with Gasteiger partial charge in [0.2, 0.25) is 11.8 Å². The number of aliphatic hydroxyl groups is 1. The zero-order valence-electron chi connectivity index (χ0n) is 11.9. The van der Waals surface area contributed by atoms with Gasteiger partial charge in [0.25, 0.3) is 0 Å². The summed E-state index contributed by atoms with van der Waals surface area (Å²) in [5, 5.41) is 9.84. The van der Waals surface area contributed by atoms with Crippen LogP contribution in [0.1, 0.15) is 53.9 Å². The average Bonchev–Trinajstić information content (AvgIpc) is 2.65. The minimum absolute atomic E-state index is 0.106. The van der Waals surface area contributed by atoms with Crippen LogP contribution in [0.15, 0.2) is 0 Å². The molecule has 1 aliphatic carbocycles. The normalized spacial score (nSPS) is 34.9. The molecule has 4 heteroatoms. The maximum absolute atomic E-state index is 12.8. The fourth-order valence-electron chi connectivity index (χ4n) is 3.71. The molecule has 1 N–H and O–H groups in total. The molecule has 1 saturated heterocycles. The lowest BCUT2D eigenvalue weighted by Crippen LogP contribution is -2.48. The highest BCUT2D eigenvalue weighted by atomic mass is 16.3. The Balaban J connectivity index is 2.36. The number of carbonyl (C=O) groups excluding carboxylic acids is 2. The van der Waals surface area contributed by atoms with Crippen molar-refractivity contribution in [2.45, 2.75) is 60.1 Å². The number of amides is 2. The van der Waals surface area contributed by atoms with Crippen molar-refractivity contribution in [3.63, 3.8) is 0 Å². The molecule has 1 aliphatic heterocycles. The first-order valence-electron chi connectivity index (χ1n) is 6.59. The molecule has 0 bridgehead atoms. The standard InChI is InChI=1S/C14H23NO3/c1-12(2,3)14(8-13(14,4)5)11(18)15-9(16)6-7-10(15)17/h9,16H,6-8H2,1-5H3. The van der Waals surface area contributed by atoms with Crippen LogP contribution in [-0.4, -0.2) is 28.0 Å². The molecule has 18 heavy (non-hydrogen) atoms. The first-order chi connectivity index (χ1) is 8.04. The number of carbonyl (C=O) groups is 2. The van der Waals surface area contributed by atoms with Crippen LogP contribution in [-0.2, 0) is 9.59 Å². The topological polar surface area (TPSA) is 57.6 Å². The zero-order valence-corrected chi connectivity index (χ0v) is 11.9. The van der Waals surface area contributed by atoms with Crippen molar-refractivity contribution in [1.29, 1.82) is 0 Å². The predicted octanol–water partition coefficient (Wildman–Crippen LogP) is 1.92. The third kappa shape index (κ3) is 1.54. The van der Waals surface area contributed by atoms with Crippen molar-refractivity contribution < 1.29 is 14.7 Å². The molecule has 0 aromatic carbocycles. The number of hydrogen-bond acceptors (Lipinski definition) is 3. The Bertz CT molecular complexity index is 408. The van der Waals surface area contributed by atoms with Gasteiger partial charge in [0, 0.05) is 12.8 Å². The van der Waals surface area contributed by atoms with Crippen LogP contribution >= 0.6 is 0 Å². The van der Waals surface area contributed by atoms with Crippen LogP contribution in [0.5, 0.6) is 0 Å². The van der Waals surface area contributed by atoms with Crippen LogP contribution in [0.4, 0.5) is 0 Å². The van der Waals surface area contributed by atoms with E-state index in [2.05, 4.69) is 13.8 Å². The molecule has 0 radical (unpaired) electrons. The Hall–Kier alpha value is -0.900. The highest BCUT2D eigenvalue weighted by Gasteiger charge is 2.73. The SMILES string of the molecule is CC(C)(C)C1(C(=O)N2C(=O)CCC2O)CC1(C)C. The van der Waals surface area contributed by atoms with Gasteiger partial charge in [0.15, 0.2) is 0 Å². The van der Waals surface area contributed by atoms with Crippen LogP contribution in [0.25, 0.3) is 0 Å². The van der Waals surface area contributed by atoms with Crippen molar-refractivity contribution in [1.82, 2.24) is 4.90 Å². The number of likely N-dealkylation sites (tertiary alicyclic amines) is 1. The summed E-state index contributed by atoms with van der Waals surface area (Å²) in [4.78, 5) is 25.6. The van der Waals surface area contributed by atoms with Gasteiger partial charge in [-0.1, -0.05) is 34.6 Å². The molecule has 1 heterocycles. The van der Waals surface area contributed by atoms with Gasteiger partial charge in [-0.25, -0.2) is 0 Å². The van der Waals surface area contributed by atoms with E-state index in [0.717, 1.165) is 11.3 Å². The number of nitrogens with zero attached hydrogens (tertiary/aromatic N) is 1. The molecule has 1 saturated carbocycles. The first-order valence-corrected chi connectivity index (χ1v) is 6.59. The zero-order chi connectivity index (χ0) is 13.9. The predicted molar refractivity (Wildman–Crippen MR) is 67.4 cm³/mol. The molecular weight excluding hydrogens is 230 g/mol. The quantitative estimate of drug-likeness (QED) is 0.726. The van der Waals surface area contributed by atoms with Crippen LogP contribution in [0, 0.1) is 16.2 Å². The third-order valence-corrected chi connectivity index (χ3v) is 4.78. The molecule has 102 valence electrons. The molecule has 2 unspecified atom stereocenters. The molecule has 4 nitrogen and oxygen atoms in total. The molecule has 0 spiro atoms. The summed E-state index contributed by atoms with van der Waals surface area (Å²) >= 11 is 0. The maximum Gasteiger partial charge on any atom is 0.238 e. The van der Waals surface area contributed by atoms with E-state index in [9.17, 15) is 14.7 Å². The summed E-state index contributed by atoms with van der Waals surface area (Å²) in [6.45, 7) is 10.2. The Kier molecular flexibility index (Phi) is 2.68. The largest absolute Gasteiger partial charge is 0.373 e. The molecule has 2 amide bonds. The van der Waals surface area contributed by atoms with Crippen molar-refractivity contribution >= 4 is 11.8 Å². The third-order valence-electron chi connectivity index (χ3n) is 4.78. The Morgan fingerprint density at radius 3 is 2.17 bits per heavy atom. The highest BCUT2D eigenvalue weighted by molar-refractivity contribution is 6.01. The van der Waals surface area contributed by atoms with E-state index in [1.54, 1.807) is 0 Å². The van der Waals surface area contributed by atoms with E-state index in [1.807, 2.05) is 20.8 Å². The lowest BCUT2D eigenvalue weighted by atomic mass is 9.72. The Labute approximate surface area is 108 Å². The summed E-state index contributed by atoms with van der Waals surface area (Å²) in [6, 6.07) is 0. The van der Waals surface area contributed by atoms with Gasteiger partial charge in [-0.3, -0.25) is 14.5 Å². The van der Waals surface area contributed by atoms with Crippen molar-refractivity contribution in [2.24, 2.45) is 16.2 Å². The van der Waals surface area contributed by atoms with Gasteiger partial charge < -0.3 is 5.11 Å². The minimum atomic E-state index is -0.930. The monoisotopic (exact) mass is 253 g/mol. The second kappa shape index (κ2) is 3.56. The average molecular weight is 253 g/mol. The van der Waals surface area contributed by atoms with Gasteiger partial charge in [0.05, 0.1) is 5.41 Å². The number of rotatable bonds is 1. The van der Waals surface area contributed by atoms with E-state index >= 15 is 0 Å². The molecule has 2 atom stereocenters. The second-order valence-corrected chi connectivity index (χ2v) is 7.30. The van der Waals surface area contributed by atoms with E-state index in [0.29, 0.717) is 6.42 Å². The highest BCUT2D eigenvalue weighted by Crippen LogP contribution is 2.72. The van der Waals surface area contributed by atoms with Gasteiger partial charge in [-0.15, -0.1) is 0 Å². The summed E-state index contributed by atoms with van der Waals surface area (Å²) < 4.78 is 0. The summed E-state index contributed by atoms with van der Waals surface area (Å²) in [6.07, 6.45) is 0.484. The second-order valence-electron chi connectivity index (χ2n) is 7.30. The lowest BCUT2D eigenvalue weighted by Gasteiger charge is -2.36. The molecular formula is C14H23NO3. The van der Waals surface area contributed by atoms with E-state index in [1.165, 1.54) is 0 Å². The maximum atomic E-state index is 12.8. The fourth-order valence-corrected chi connectivity index (χ4v) is 3.71. The van der Waals surface area contributed by atoms with Crippen LogP contribution in [0.2, 0.25) is 0 Å². The molecule has 2 aliphatic rings. The summed E-state index contributed by atoms with van der Waals surface area (Å²) in [5.74, 6) is -0.422. The smallest absolute Gasteiger partial charge is 0.238 e. The van der Waals surface area contributed by atoms with E-state index in [-0.39, 0.29) is 29.1 Å². The minimum Gasteiger partial charge on any atom is -0.373 e. The van der Waals surface area contributed by atoms with Crippen molar-refractivity contribution in [2.75, 3.05) is 0 Å². The van der Waals surface area contributed by atoms with Crippen molar-refractivity contribution in [3.8, 4) is 0 Å². The number of aliphatic hydroxyl groups excluding tert-OH is 1. The van der Waals surface area contributed by atoms with Gasteiger partial charge in [-0.05, 0) is 17.3 Å².